The number of fused-ring (bicyclic) bond motifs is 1. The summed E-state index contributed by atoms with van der Waals surface area (Å²) in [6.07, 6.45) is 5.62. The molecule has 2 aliphatic carbocycles. The molecule has 0 amide bonds. The Labute approximate surface area is 135 Å². The van der Waals surface area contributed by atoms with E-state index in [0.717, 1.165) is 30.7 Å². The molecule has 0 atom stereocenters. The van der Waals surface area contributed by atoms with Gasteiger partial charge < -0.3 is 0 Å². The summed E-state index contributed by atoms with van der Waals surface area (Å²) in [7, 11) is 0. The van der Waals surface area contributed by atoms with Crippen molar-refractivity contribution in [3.05, 3.63) is 34.4 Å². The second-order valence-corrected chi connectivity index (χ2v) is 8.38. The first-order valence-corrected chi connectivity index (χ1v) is 9.06. The van der Waals surface area contributed by atoms with E-state index >= 15 is 0 Å². The Bertz CT molecular complexity index is 586. The van der Waals surface area contributed by atoms with Gasteiger partial charge in [-0.3, -0.25) is 4.79 Å². The van der Waals surface area contributed by atoms with Gasteiger partial charge in [-0.15, -0.1) is 0 Å². The predicted octanol–water partition coefficient (Wildman–Crippen LogP) is 5.87. The molecule has 22 heavy (non-hydrogen) atoms. The second-order valence-electron chi connectivity index (χ2n) is 8.38. The monoisotopic (exact) mass is 298 g/mol. The predicted molar refractivity (Wildman–Crippen MR) is 92.7 cm³/mol. The minimum Gasteiger partial charge on any atom is -0.294 e. The molecule has 1 aromatic carbocycles. The van der Waals surface area contributed by atoms with Crippen molar-refractivity contribution >= 4 is 5.78 Å². The van der Waals surface area contributed by atoms with Gasteiger partial charge in [0.2, 0.25) is 0 Å². The Kier molecular flexibility index (Phi) is 3.95. The number of Topliss-reactive ketones (excluding diaryl/α,β-unsaturated/α-hetero) is 1. The topological polar surface area (TPSA) is 17.1 Å². The standard InChI is InChI=1S/C21H30O/c1-13(2)16-6-7-17(14(3)4)19-18(16)12-21(20(19)22)10-8-15(5)9-11-21/h6-7,13-15H,8-12H2,1-5H3. The van der Waals surface area contributed by atoms with E-state index < -0.39 is 0 Å². The van der Waals surface area contributed by atoms with Crippen LogP contribution >= 0.6 is 0 Å². The second kappa shape index (κ2) is 5.51. The summed E-state index contributed by atoms with van der Waals surface area (Å²) in [5, 5.41) is 0. The highest BCUT2D eigenvalue weighted by Gasteiger charge is 2.48. The fraction of sp³-hybridized carbons (Fsp3) is 0.667. The van der Waals surface area contributed by atoms with Crippen molar-refractivity contribution in [3.63, 3.8) is 0 Å². The first-order valence-electron chi connectivity index (χ1n) is 9.06. The fourth-order valence-electron chi connectivity index (χ4n) is 4.57. The molecular weight excluding hydrogens is 268 g/mol. The first-order chi connectivity index (χ1) is 10.4. The molecule has 1 spiro atoms. The summed E-state index contributed by atoms with van der Waals surface area (Å²) in [5.41, 5.74) is 5.11. The Morgan fingerprint density at radius 3 is 2.09 bits per heavy atom. The highest BCUT2D eigenvalue weighted by molar-refractivity contribution is 6.06. The Hall–Kier alpha value is -1.11. The normalized spacial score (nSPS) is 28.0. The maximum absolute atomic E-state index is 13.4. The molecular formula is C21H30O. The van der Waals surface area contributed by atoms with Crippen LogP contribution in [0.25, 0.3) is 0 Å². The fourth-order valence-corrected chi connectivity index (χ4v) is 4.57. The van der Waals surface area contributed by atoms with Crippen LogP contribution in [0.4, 0.5) is 0 Å². The number of carbonyl (C=O) groups excluding carboxylic acids is 1. The molecule has 1 aromatic rings. The van der Waals surface area contributed by atoms with Crippen molar-refractivity contribution in [2.75, 3.05) is 0 Å². The van der Waals surface area contributed by atoms with E-state index in [9.17, 15) is 4.79 Å². The minimum atomic E-state index is -0.0660. The van der Waals surface area contributed by atoms with E-state index in [-0.39, 0.29) is 5.41 Å². The van der Waals surface area contributed by atoms with Crippen LogP contribution in [0.5, 0.6) is 0 Å². The number of rotatable bonds is 2. The number of hydrogen-bond acceptors (Lipinski definition) is 1. The van der Waals surface area contributed by atoms with Crippen LogP contribution < -0.4 is 0 Å². The lowest BCUT2D eigenvalue weighted by Crippen LogP contribution is -2.32. The molecule has 0 N–H and O–H groups in total. The van der Waals surface area contributed by atoms with Gasteiger partial charge in [-0.2, -0.15) is 0 Å². The van der Waals surface area contributed by atoms with E-state index in [0.29, 0.717) is 17.6 Å². The quantitative estimate of drug-likeness (QED) is 0.667. The van der Waals surface area contributed by atoms with Crippen LogP contribution in [0.3, 0.4) is 0 Å². The first kappa shape index (κ1) is 15.8. The zero-order valence-electron chi connectivity index (χ0n) is 14.8. The van der Waals surface area contributed by atoms with Crippen LogP contribution in [0, 0.1) is 11.3 Å². The maximum atomic E-state index is 13.4. The summed E-state index contributed by atoms with van der Waals surface area (Å²) < 4.78 is 0. The molecule has 0 aliphatic heterocycles. The van der Waals surface area contributed by atoms with Gasteiger partial charge in [-0.05, 0) is 66.5 Å². The average molecular weight is 298 g/mol. The van der Waals surface area contributed by atoms with E-state index in [1.807, 2.05) is 0 Å². The number of hydrogen-bond donors (Lipinski definition) is 0. The van der Waals surface area contributed by atoms with Gasteiger partial charge in [0, 0.05) is 11.0 Å². The zero-order valence-corrected chi connectivity index (χ0v) is 14.8. The smallest absolute Gasteiger partial charge is 0.169 e. The third-order valence-electron chi connectivity index (χ3n) is 6.08. The van der Waals surface area contributed by atoms with Crippen molar-refractivity contribution < 1.29 is 4.79 Å². The third-order valence-corrected chi connectivity index (χ3v) is 6.08. The van der Waals surface area contributed by atoms with Gasteiger partial charge in [-0.1, -0.05) is 46.8 Å². The number of carbonyl (C=O) groups is 1. The summed E-state index contributed by atoms with van der Waals surface area (Å²) in [6.45, 7) is 11.3. The van der Waals surface area contributed by atoms with Crippen molar-refractivity contribution in [2.24, 2.45) is 11.3 Å². The summed E-state index contributed by atoms with van der Waals surface area (Å²) in [5.74, 6) is 2.19. The lowest BCUT2D eigenvalue weighted by Gasteiger charge is -2.34. The van der Waals surface area contributed by atoms with E-state index in [2.05, 4.69) is 46.8 Å². The van der Waals surface area contributed by atoms with E-state index in [1.165, 1.54) is 29.5 Å². The summed E-state index contributed by atoms with van der Waals surface area (Å²) in [6, 6.07) is 4.51. The highest BCUT2D eigenvalue weighted by Crippen LogP contribution is 2.51. The molecule has 0 bridgehead atoms. The Balaban J connectivity index is 2.10. The van der Waals surface area contributed by atoms with Gasteiger partial charge in [0.25, 0.3) is 0 Å². The zero-order chi connectivity index (χ0) is 16.1. The molecule has 0 aromatic heterocycles. The molecule has 0 saturated heterocycles. The number of benzene rings is 1. The summed E-state index contributed by atoms with van der Waals surface area (Å²) in [4.78, 5) is 13.4. The van der Waals surface area contributed by atoms with Gasteiger partial charge in [0.15, 0.2) is 5.78 Å². The van der Waals surface area contributed by atoms with Crippen molar-refractivity contribution in [3.8, 4) is 0 Å². The van der Waals surface area contributed by atoms with Crippen molar-refractivity contribution in [2.45, 2.75) is 78.6 Å². The van der Waals surface area contributed by atoms with E-state index in [1.54, 1.807) is 0 Å². The third kappa shape index (κ3) is 2.33. The SMILES string of the molecule is CC1CCC2(CC1)Cc1c(C(C)C)ccc(C(C)C)c1C2=O. The number of ketones is 1. The van der Waals surface area contributed by atoms with Crippen LogP contribution in [0.1, 0.15) is 99.2 Å². The molecule has 120 valence electrons. The lowest BCUT2D eigenvalue weighted by molar-refractivity contribution is 0.0713. The van der Waals surface area contributed by atoms with Gasteiger partial charge in [-0.25, -0.2) is 0 Å². The summed E-state index contributed by atoms with van der Waals surface area (Å²) >= 11 is 0. The van der Waals surface area contributed by atoms with Crippen molar-refractivity contribution in [1.82, 2.24) is 0 Å². The minimum absolute atomic E-state index is 0.0660. The van der Waals surface area contributed by atoms with Gasteiger partial charge >= 0.3 is 0 Å². The van der Waals surface area contributed by atoms with E-state index in [4.69, 9.17) is 0 Å². The molecule has 1 saturated carbocycles. The molecule has 3 rings (SSSR count). The molecule has 2 aliphatic rings. The molecule has 1 nitrogen and oxygen atoms in total. The van der Waals surface area contributed by atoms with Gasteiger partial charge in [0.05, 0.1) is 0 Å². The lowest BCUT2D eigenvalue weighted by atomic mass is 9.68. The molecule has 0 radical (unpaired) electrons. The van der Waals surface area contributed by atoms with Crippen LogP contribution in [0.2, 0.25) is 0 Å². The molecule has 1 fully saturated rings. The van der Waals surface area contributed by atoms with Crippen molar-refractivity contribution in [1.29, 1.82) is 0 Å². The van der Waals surface area contributed by atoms with Crippen LogP contribution in [-0.4, -0.2) is 5.78 Å². The Morgan fingerprint density at radius 1 is 1.00 bits per heavy atom. The largest absolute Gasteiger partial charge is 0.294 e. The van der Waals surface area contributed by atoms with Crippen LogP contribution in [0.15, 0.2) is 12.1 Å². The maximum Gasteiger partial charge on any atom is 0.169 e. The van der Waals surface area contributed by atoms with Crippen LogP contribution in [-0.2, 0) is 6.42 Å². The Morgan fingerprint density at radius 2 is 1.55 bits per heavy atom. The molecule has 0 heterocycles. The highest BCUT2D eigenvalue weighted by atomic mass is 16.1. The average Bonchev–Trinajstić information content (AvgIpc) is 2.75. The molecule has 0 unspecified atom stereocenters. The van der Waals surface area contributed by atoms with Gasteiger partial charge in [0.1, 0.15) is 0 Å². The molecule has 1 heteroatoms.